The molecule has 1 fully saturated rings. The predicted molar refractivity (Wildman–Crippen MR) is 77.6 cm³/mol. The van der Waals surface area contributed by atoms with Gasteiger partial charge in [-0.1, -0.05) is 26.7 Å². The minimum atomic E-state index is -2.89. The molecule has 108 valence electrons. The Balaban J connectivity index is 2.58. The van der Waals surface area contributed by atoms with Crippen LogP contribution < -0.4 is 5.32 Å². The number of hydrogen-bond donors (Lipinski definition) is 1. The van der Waals surface area contributed by atoms with E-state index in [0.29, 0.717) is 11.8 Å². The van der Waals surface area contributed by atoms with Crippen molar-refractivity contribution in [3.63, 3.8) is 0 Å². The van der Waals surface area contributed by atoms with Crippen molar-refractivity contribution in [3.05, 3.63) is 0 Å². The SMILES string of the molecule is CC(C)NCC1(CCS(=O)(=O)C(C)C)CCCC1. The van der Waals surface area contributed by atoms with Crippen LogP contribution in [0.1, 0.15) is 59.8 Å². The summed E-state index contributed by atoms with van der Waals surface area (Å²) in [4.78, 5) is 0. The van der Waals surface area contributed by atoms with Crippen LogP contribution in [0.2, 0.25) is 0 Å². The zero-order valence-corrected chi connectivity index (χ0v) is 13.1. The molecule has 18 heavy (non-hydrogen) atoms. The van der Waals surface area contributed by atoms with Crippen LogP contribution in [-0.4, -0.2) is 32.0 Å². The zero-order chi connectivity index (χ0) is 13.8. The molecule has 1 aliphatic rings. The molecule has 1 aliphatic carbocycles. The highest BCUT2D eigenvalue weighted by atomic mass is 32.2. The Bertz CT molecular complexity index is 341. The second-order valence-electron chi connectivity index (χ2n) is 6.41. The van der Waals surface area contributed by atoms with Gasteiger partial charge in [-0.25, -0.2) is 8.42 Å². The van der Waals surface area contributed by atoms with Gasteiger partial charge in [-0.05, 0) is 38.5 Å². The van der Waals surface area contributed by atoms with Crippen LogP contribution >= 0.6 is 0 Å². The molecule has 0 saturated heterocycles. The summed E-state index contributed by atoms with van der Waals surface area (Å²) in [5.41, 5.74) is 0.228. The molecule has 0 spiro atoms. The minimum Gasteiger partial charge on any atom is -0.314 e. The van der Waals surface area contributed by atoms with E-state index < -0.39 is 9.84 Å². The van der Waals surface area contributed by atoms with Crippen molar-refractivity contribution in [2.75, 3.05) is 12.3 Å². The molecule has 3 nitrogen and oxygen atoms in total. The lowest BCUT2D eigenvalue weighted by atomic mass is 9.83. The number of rotatable bonds is 7. The van der Waals surface area contributed by atoms with E-state index in [-0.39, 0.29) is 10.7 Å². The second-order valence-corrected chi connectivity index (χ2v) is 9.09. The van der Waals surface area contributed by atoms with Crippen molar-refractivity contribution < 1.29 is 8.42 Å². The lowest BCUT2D eigenvalue weighted by molar-refractivity contribution is 0.261. The second kappa shape index (κ2) is 6.38. The fourth-order valence-electron chi connectivity index (χ4n) is 2.66. The minimum absolute atomic E-state index is 0.228. The molecule has 4 heteroatoms. The van der Waals surface area contributed by atoms with Crippen LogP contribution in [-0.2, 0) is 9.84 Å². The number of nitrogens with one attached hydrogen (secondary N) is 1. The summed E-state index contributed by atoms with van der Waals surface area (Å²) >= 11 is 0. The van der Waals surface area contributed by atoms with Crippen LogP contribution in [0.25, 0.3) is 0 Å². The van der Waals surface area contributed by atoms with Gasteiger partial charge in [0.2, 0.25) is 0 Å². The smallest absolute Gasteiger partial charge is 0.152 e. The Morgan fingerprint density at radius 2 is 1.67 bits per heavy atom. The molecule has 1 rings (SSSR count). The van der Waals surface area contributed by atoms with Gasteiger partial charge < -0.3 is 5.32 Å². The van der Waals surface area contributed by atoms with Crippen LogP contribution in [0.15, 0.2) is 0 Å². The molecule has 0 amide bonds. The van der Waals surface area contributed by atoms with Crippen LogP contribution in [0.3, 0.4) is 0 Å². The molecular formula is C14H29NO2S. The molecule has 1 N–H and O–H groups in total. The highest BCUT2D eigenvalue weighted by Gasteiger charge is 2.35. The van der Waals surface area contributed by atoms with E-state index in [4.69, 9.17) is 0 Å². The van der Waals surface area contributed by atoms with Crippen molar-refractivity contribution in [2.45, 2.75) is 71.1 Å². The average Bonchev–Trinajstić information content (AvgIpc) is 2.73. The third-order valence-corrected chi connectivity index (χ3v) is 6.39. The third-order valence-electron chi connectivity index (χ3n) is 4.18. The van der Waals surface area contributed by atoms with Crippen LogP contribution in [0.4, 0.5) is 0 Å². The fourth-order valence-corrected chi connectivity index (χ4v) is 3.84. The lowest BCUT2D eigenvalue weighted by Crippen LogP contribution is -2.37. The van der Waals surface area contributed by atoms with E-state index >= 15 is 0 Å². The largest absolute Gasteiger partial charge is 0.314 e. The molecule has 0 aromatic rings. The van der Waals surface area contributed by atoms with Gasteiger partial charge in [-0.2, -0.15) is 0 Å². The summed E-state index contributed by atoms with van der Waals surface area (Å²) in [7, 11) is -2.89. The monoisotopic (exact) mass is 275 g/mol. The maximum atomic E-state index is 11.9. The third kappa shape index (κ3) is 4.54. The average molecular weight is 275 g/mol. The number of hydrogen-bond acceptors (Lipinski definition) is 3. The maximum Gasteiger partial charge on any atom is 0.152 e. The van der Waals surface area contributed by atoms with E-state index in [1.807, 2.05) is 0 Å². The normalized spacial score (nSPS) is 19.9. The molecule has 0 aliphatic heterocycles. The fraction of sp³-hybridized carbons (Fsp3) is 1.00. The summed E-state index contributed by atoms with van der Waals surface area (Å²) in [6, 6.07) is 0.476. The van der Waals surface area contributed by atoms with E-state index in [1.54, 1.807) is 13.8 Å². The van der Waals surface area contributed by atoms with E-state index in [0.717, 1.165) is 13.0 Å². The zero-order valence-electron chi connectivity index (χ0n) is 12.3. The Morgan fingerprint density at radius 3 is 2.11 bits per heavy atom. The Hall–Kier alpha value is -0.0900. The van der Waals surface area contributed by atoms with Crippen molar-refractivity contribution in [3.8, 4) is 0 Å². The molecule has 0 unspecified atom stereocenters. The highest BCUT2D eigenvalue weighted by molar-refractivity contribution is 7.91. The quantitative estimate of drug-likeness (QED) is 0.777. The summed E-state index contributed by atoms with van der Waals surface area (Å²) < 4.78 is 23.9. The van der Waals surface area contributed by atoms with Crippen LogP contribution in [0, 0.1) is 5.41 Å². The summed E-state index contributed by atoms with van der Waals surface area (Å²) in [6.45, 7) is 8.82. The van der Waals surface area contributed by atoms with E-state index in [2.05, 4.69) is 19.2 Å². The van der Waals surface area contributed by atoms with Gasteiger partial charge >= 0.3 is 0 Å². The molecule has 0 aromatic heterocycles. The summed E-state index contributed by atoms with van der Waals surface area (Å²) in [5.74, 6) is 0.352. The molecule has 0 atom stereocenters. The van der Waals surface area contributed by atoms with Gasteiger partial charge in [0, 0.05) is 12.6 Å². The molecular weight excluding hydrogens is 246 g/mol. The Kier molecular flexibility index (Phi) is 5.66. The van der Waals surface area contributed by atoms with Gasteiger partial charge in [0.05, 0.1) is 11.0 Å². The van der Waals surface area contributed by atoms with Gasteiger partial charge in [-0.15, -0.1) is 0 Å². The van der Waals surface area contributed by atoms with E-state index in [9.17, 15) is 8.42 Å². The Labute approximate surface area is 113 Å². The molecule has 0 aromatic carbocycles. The highest BCUT2D eigenvalue weighted by Crippen LogP contribution is 2.41. The predicted octanol–water partition coefficient (Wildman–Crippen LogP) is 2.76. The lowest BCUT2D eigenvalue weighted by Gasteiger charge is -2.30. The van der Waals surface area contributed by atoms with Gasteiger partial charge in [0.25, 0.3) is 0 Å². The first-order valence-corrected chi connectivity index (χ1v) is 8.94. The van der Waals surface area contributed by atoms with Crippen molar-refractivity contribution in [1.82, 2.24) is 5.32 Å². The van der Waals surface area contributed by atoms with Crippen molar-refractivity contribution in [2.24, 2.45) is 5.41 Å². The first-order valence-electron chi connectivity index (χ1n) is 7.22. The molecule has 0 radical (unpaired) electrons. The number of sulfone groups is 1. The summed E-state index contributed by atoms with van der Waals surface area (Å²) in [6.07, 6.45) is 5.69. The summed E-state index contributed by atoms with van der Waals surface area (Å²) in [5, 5.41) is 3.26. The Morgan fingerprint density at radius 1 is 1.11 bits per heavy atom. The molecule has 0 bridgehead atoms. The first-order chi connectivity index (χ1) is 8.27. The van der Waals surface area contributed by atoms with E-state index in [1.165, 1.54) is 25.7 Å². The molecule has 0 heterocycles. The van der Waals surface area contributed by atoms with Crippen molar-refractivity contribution >= 4 is 9.84 Å². The standard InChI is InChI=1S/C14H29NO2S/c1-12(2)15-11-14(7-5-6-8-14)9-10-18(16,17)13(3)4/h12-13,15H,5-11H2,1-4H3. The van der Waals surface area contributed by atoms with Crippen LogP contribution in [0.5, 0.6) is 0 Å². The first kappa shape index (κ1) is 16.0. The maximum absolute atomic E-state index is 11.9. The van der Waals surface area contributed by atoms with Gasteiger partial charge in [0.15, 0.2) is 9.84 Å². The molecule has 1 saturated carbocycles. The van der Waals surface area contributed by atoms with Gasteiger partial charge in [0.1, 0.15) is 0 Å². The topological polar surface area (TPSA) is 46.2 Å². The van der Waals surface area contributed by atoms with Crippen molar-refractivity contribution in [1.29, 1.82) is 0 Å². The van der Waals surface area contributed by atoms with Gasteiger partial charge in [-0.3, -0.25) is 0 Å².